The zero-order valence-electron chi connectivity index (χ0n) is 8.90. The van der Waals surface area contributed by atoms with E-state index in [-0.39, 0.29) is 0 Å². The van der Waals surface area contributed by atoms with Gasteiger partial charge in [-0.05, 0) is 23.6 Å². The van der Waals surface area contributed by atoms with E-state index in [0.717, 1.165) is 23.2 Å². The summed E-state index contributed by atoms with van der Waals surface area (Å²) in [7, 11) is 1.55. The van der Waals surface area contributed by atoms with Gasteiger partial charge in [0.1, 0.15) is 0 Å². The monoisotopic (exact) mass is 225 g/mol. The van der Waals surface area contributed by atoms with Crippen molar-refractivity contribution in [2.24, 2.45) is 0 Å². The van der Waals surface area contributed by atoms with Gasteiger partial charge in [-0.25, -0.2) is 4.79 Å². The summed E-state index contributed by atoms with van der Waals surface area (Å²) in [5, 5.41) is 8.93. The van der Waals surface area contributed by atoms with Gasteiger partial charge in [-0.1, -0.05) is 19.1 Å². The highest BCUT2D eigenvalue weighted by Crippen LogP contribution is 2.24. The zero-order chi connectivity index (χ0) is 11.4. The highest BCUT2D eigenvalue weighted by atomic mass is 32.1. The molecule has 0 fully saturated rings. The quantitative estimate of drug-likeness (QED) is 0.777. The van der Waals surface area contributed by atoms with Crippen molar-refractivity contribution < 1.29 is 9.90 Å². The zero-order valence-corrected chi connectivity index (χ0v) is 9.79. The summed E-state index contributed by atoms with van der Waals surface area (Å²) < 4.78 is 0. The third-order valence-corrected chi connectivity index (χ3v) is 2.76. The van der Waals surface area contributed by atoms with Gasteiger partial charge in [0, 0.05) is 12.8 Å². The molecule has 0 aliphatic rings. The van der Waals surface area contributed by atoms with Gasteiger partial charge in [-0.2, -0.15) is 12.6 Å². The summed E-state index contributed by atoms with van der Waals surface area (Å²) >= 11 is 4.24. The number of benzene rings is 1. The van der Waals surface area contributed by atoms with Crippen molar-refractivity contribution in [2.45, 2.75) is 19.1 Å². The standard InChI is InChI=1S/C11H15NO2S/c1-3-9-8(7-15)5-4-6-10(9)12(2)11(13)14/h4-6,15H,3,7H2,1-2H3,(H,13,14). The Kier molecular flexibility index (Phi) is 4.03. The molecule has 1 N–H and O–H groups in total. The molecule has 0 aromatic heterocycles. The Morgan fingerprint density at radius 2 is 2.20 bits per heavy atom. The lowest BCUT2D eigenvalue weighted by Gasteiger charge is -2.19. The number of nitrogens with zero attached hydrogens (tertiary/aromatic N) is 1. The average molecular weight is 225 g/mol. The van der Waals surface area contributed by atoms with Crippen LogP contribution in [0.5, 0.6) is 0 Å². The Hall–Kier alpha value is -1.16. The molecule has 1 aromatic rings. The molecule has 0 unspecified atom stereocenters. The van der Waals surface area contributed by atoms with Gasteiger partial charge in [-0.15, -0.1) is 0 Å². The molecule has 1 aromatic carbocycles. The third kappa shape index (κ3) is 2.45. The lowest BCUT2D eigenvalue weighted by molar-refractivity contribution is 0.203. The van der Waals surface area contributed by atoms with E-state index in [1.165, 1.54) is 4.90 Å². The summed E-state index contributed by atoms with van der Waals surface area (Å²) in [4.78, 5) is 12.1. The molecule has 3 nitrogen and oxygen atoms in total. The molecule has 4 heteroatoms. The van der Waals surface area contributed by atoms with E-state index in [0.29, 0.717) is 5.75 Å². The first-order valence-corrected chi connectivity index (χ1v) is 5.43. The molecule has 0 aliphatic carbocycles. The second-order valence-corrected chi connectivity index (χ2v) is 3.58. The molecule has 0 spiro atoms. The Balaban J connectivity index is 3.22. The van der Waals surface area contributed by atoms with E-state index >= 15 is 0 Å². The summed E-state index contributed by atoms with van der Waals surface area (Å²) in [5.41, 5.74) is 2.89. The van der Waals surface area contributed by atoms with E-state index in [2.05, 4.69) is 12.6 Å². The second-order valence-electron chi connectivity index (χ2n) is 3.27. The largest absolute Gasteiger partial charge is 0.465 e. The maximum Gasteiger partial charge on any atom is 0.411 e. The molecular formula is C11H15NO2S. The minimum atomic E-state index is -0.944. The molecule has 0 saturated heterocycles. The highest BCUT2D eigenvalue weighted by molar-refractivity contribution is 7.79. The third-order valence-electron chi connectivity index (χ3n) is 2.42. The summed E-state index contributed by atoms with van der Waals surface area (Å²) in [6.45, 7) is 2.02. The molecule has 0 aliphatic heterocycles. The molecule has 0 heterocycles. The normalized spacial score (nSPS) is 10.1. The van der Waals surface area contributed by atoms with Gasteiger partial charge in [0.2, 0.25) is 0 Å². The predicted molar refractivity (Wildman–Crippen MR) is 64.9 cm³/mol. The van der Waals surface area contributed by atoms with Gasteiger partial charge in [0.25, 0.3) is 0 Å². The SMILES string of the molecule is CCc1c(CS)cccc1N(C)C(=O)O. The van der Waals surface area contributed by atoms with Crippen LogP contribution in [0.2, 0.25) is 0 Å². The predicted octanol–water partition coefficient (Wildman–Crippen LogP) is 2.79. The van der Waals surface area contributed by atoms with Crippen molar-refractivity contribution in [1.82, 2.24) is 0 Å². The van der Waals surface area contributed by atoms with Gasteiger partial charge in [0.15, 0.2) is 0 Å². The van der Waals surface area contributed by atoms with Crippen molar-refractivity contribution in [3.05, 3.63) is 29.3 Å². The van der Waals surface area contributed by atoms with Crippen LogP contribution in [0.15, 0.2) is 18.2 Å². The Morgan fingerprint density at radius 3 is 2.67 bits per heavy atom. The molecule has 0 bridgehead atoms. The average Bonchev–Trinajstić information content (AvgIpc) is 2.26. The number of thiol groups is 1. The number of anilines is 1. The topological polar surface area (TPSA) is 40.5 Å². The Morgan fingerprint density at radius 1 is 1.53 bits per heavy atom. The van der Waals surface area contributed by atoms with Gasteiger partial charge in [0.05, 0.1) is 5.69 Å². The number of rotatable bonds is 3. The maximum absolute atomic E-state index is 10.9. The summed E-state index contributed by atoms with van der Waals surface area (Å²) in [6, 6.07) is 5.66. The smallest absolute Gasteiger partial charge is 0.411 e. The molecule has 1 amide bonds. The first-order valence-electron chi connectivity index (χ1n) is 4.80. The Bertz CT molecular complexity index is 366. The minimum Gasteiger partial charge on any atom is -0.465 e. The molecule has 82 valence electrons. The number of hydrogen-bond acceptors (Lipinski definition) is 2. The highest BCUT2D eigenvalue weighted by Gasteiger charge is 2.13. The fourth-order valence-electron chi connectivity index (χ4n) is 1.59. The first kappa shape index (κ1) is 11.9. The number of carboxylic acid groups (broad SMARTS) is 1. The van der Waals surface area contributed by atoms with Gasteiger partial charge in [-0.3, -0.25) is 4.90 Å². The lowest BCUT2D eigenvalue weighted by Crippen LogP contribution is -2.25. The van der Waals surface area contributed by atoms with Crippen LogP contribution in [0.25, 0.3) is 0 Å². The van der Waals surface area contributed by atoms with E-state index in [1.54, 1.807) is 7.05 Å². The fraction of sp³-hybridized carbons (Fsp3) is 0.364. The van der Waals surface area contributed by atoms with E-state index < -0.39 is 6.09 Å². The number of hydrogen-bond donors (Lipinski definition) is 2. The van der Waals surface area contributed by atoms with Gasteiger partial charge >= 0.3 is 6.09 Å². The van der Waals surface area contributed by atoms with Crippen molar-refractivity contribution in [3.8, 4) is 0 Å². The Labute approximate surface area is 95.1 Å². The van der Waals surface area contributed by atoms with Crippen molar-refractivity contribution in [1.29, 1.82) is 0 Å². The van der Waals surface area contributed by atoms with Gasteiger partial charge < -0.3 is 5.11 Å². The van der Waals surface area contributed by atoms with Crippen molar-refractivity contribution in [2.75, 3.05) is 11.9 Å². The van der Waals surface area contributed by atoms with Crippen LogP contribution >= 0.6 is 12.6 Å². The molecular weight excluding hydrogens is 210 g/mol. The molecule has 1 rings (SSSR count). The minimum absolute atomic E-state index is 0.629. The van der Waals surface area contributed by atoms with E-state index in [4.69, 9.17) is 5.11 Å². The van der Waals surface area contributed by atoms with E-state index in [9.17, 15) is 4.79 Å². The second kappa shape index (κ2) is 5.07. The summed E-state index contributed by atoms with van der Waals surface area (Å²) in [6.07, 6.45) is -0.134. The molecule has 0 radical (unpaired) electrons. The van der Waals surface area contributed by atoms with Crippen LogP contribution in [0, 0.1) is 0 Å². The lowest BCUT2D eigenvalue weighted by atomic mass is 10.0. The summed E-state index contributed by atoms with van der Waals surface area (Å²) in [5.74, 6) is 0.629. The fourth-order valence-corrected chi connectivity index (χ4v) is 1.89. The van der Waals surface area contributed by atoms with E-state index in [1.807, 2.05) is 25.1 Å². The van der Waals surface area contributed by atoms with Crippen LogP contribution < -0.4 is 4.90 Å². The number of carbonyl (C=O) groups is 1. The van der Waals surface area contributed by atoms with Crippen LogP contribution in [0.4, 0.5) is 10.5 Å². The molecule has 0 atom stereocenters. The van der Waals surface area contributed by atoms with Crippen LogP contribution in [0.1, 0.15) is 18.1 Å². The number of amides is 1. The van der Waals surface area contributed by atoms with Crippen LogP contribution in [0.3, 0.4) is 0 Å². The van der Waals surface area contributed by atoms with Crippen molar-refractivity contribution in [3.63, 3.8) is 0 Å². The maximum atomic E-state index is 10.9. The van der Waals surface area contributed by atoms with Crippen LogP contribution in [-0.2, 0) is 12.2 Å². The molecule has 0 saturated carbocycles. The van der Waals surface area contributed by atoms with Crippen LogP contribution in [-0.4, -0.2) is 18.2 Å². The first-order chi connectivity index (χ1) is 7.11. The molecule has 15 heavy (non-hydrogen) atoms. The van der Waals surface area contributed by atoms with Crippen molar-refractivity contribution >= 4 is 24.4 Å².